The summed E-state index contributed by atoms with van der Waals surface area (Å²) in [5.41, 5.74) is 17.2. The molecule has 1 aliphatic heterocycles. The minimum absolute atomic E-state index is 0.0349. The van der Waals surface area contributed by atoms with Crippen molar-refractivity contribution in [2.75, 3.05) is 4.90 Å². The highest BCUT2D eigenvalue weighted by atomic mass is 16.5. The van der Waals surface area contributed by atoms with Gasteiger partial charge in [0.2, 0.25) is 0 Å². The van der Waals surface area contributed by atoms with E-state index in [1.54, 1.807) is 0 Å². The average Bonchev–Trinajstić information content (AvgIpc) is 3.54. The van der Waals surface area contributed by atoms with Crippen molar-refractivity contribution in [3.63, 3.8) is 0 Å². The highest BCUT2D eigenvalue weighted by molar-refractivity contribution is 5.96. The molecule has 10 rings (SSSR count). The summed E-state index contributed by atoms with van der Waals surface area (Å²) in [4.78, 5) is 2.41. The largest absolute Gasteiger partial charge is 0.456 e. The zero-order chi connectivity index (χ0) is 40.5. The molecule has 0 fully saturated rings. The Balaban J connectivity index is 1.28. The lowest BCUT2D eigenvalue weighted by Gasteiger charge is -2.41. The number of nitrogens with zero attached hydrogens (tertiary/aromatic N) is 1. The van der Waals surface area contributed by atoms with Crippen LogP contribution in [0.3, 0.4) is 0 Å². The highest BCUT2D eigenvalue weighted by Crippen LogP contribution is 2.64. The van der Waals surface area contributed by atoms with Crippen molar-refractivity contribution in [2.45, 2.75) is 57.8 Å². The average molecular weight is 764 g/mol. The summed E-state index contributed by atoms with van der Waals surface area (Å²) < 4.78 is 7.30. The Bertz CT molecular complexity index is 2810. The van der Waals surface area contributed by atoms with Gasteiger partial charge in [0, 0.05) is 33.5 Å². The van der Waals surface area contributed by atoms with Gasteiger partial charge in [-0.2, -0.15) is 0 Å². The van der Waals surface area contributed by atoms with Crippen molar-refractivity contribution in [3.05, 3.63) is 221 Å². The van der Waals surface area contributed by atoms with Crippen LogP contribution in [-0.2, 0) is 16.2 Å². The maximum atomic E-state index is 7.30. The molecule has 288 valence electrons. The summed E-state index contributed by atoms with van der Waals surface area (Å²) in [5.74, 6) is 1.78. The molecule has 0 aromatic heterocycles. The molecule has 1 aliphatic carbocycles. The number of ether oxygens (including phenoxy) is 1. The maximum absolute atomic E-state index is 7.30. The Morgan fingerprint density at radius 1 is 0.390 bits per heavy atom. The van der Waals surface area contributed by atoms with E-state index >= 15 is 0 Å². The lowest BCUT2D eigenvalue weighted by atomic mass is 9.64. The summed E-state index contributed by atoms with van der Waals surface area (Å²) in [7, 11) is 0. The van der Waals surface area contributed by atoms with Gasteiger partial charge < -0.3 is 9.64 Å². The van der Waals surface area contributed by atoms with Crippen LogP contribution in [0.25, 0.3) is 33.4 Å². The smallest absolute Gasteiger partial charge is 0.140 e. The van der Waals surface area contributed by atoms with E-state index in [-0.39, 0.29) is 10.8 Å². The zero-order valence-electron chi connectivity index (χ0n) is 34.8. The Morgan fingerprint density at radius 3 is 1.51 bits per heavy atom. The van der Waals surface area contributed by atoms with Gasteiger partial charge in [0.25, 0.3) is 0 Å². The van der Waals surface area contributed by atoms with Gasteiger partial charge in [-0.3, -0.25) is 0 Å². The highest BCUT2D eigenvalue weighted by Gasteiger charge is 2.52. The molecule has 2 aliphatic rings. The molecule has 0 N–H and O–H groups in total. The fourth-order valence-electron chi connectivity index (χ4n) is 9.52. The van der Waals surface area contributed by atoms with Crippen LogP contribution < -0.4 is 9.64 Å². The van der Waals surface area contributed by atoms with Crippen molar-refractivity contribution in [3.8, 4) is 44.9 Å². The van der Waals surface area contributed by atoms with Crippen molar-refractivity contribution < 1.29 is 4.74 Å². The Labute approximate surface area is 349 Å². The van der Waals surface area contributed by atoms with Crippen LogP contribution in [0.15, 0.2) is 188 Å². The standard InChI is InChI=1S/C57H49NO/c1-55(2,3)39-32-34-43-44-35-33-40(56(4,5)6)37-50(44)57(49(43)36-39)47-27-15-18-31-53(47)59-54-46(26-19-28-48(54)57)45-25-14-17-30-52(45)58(41-22-11-8-12-23-41)51-29-16-13-24-42(51)38-20-9-7-10-21-38/h7-37H,1-6H3. The number of hydrogen-bond acceptors (Lipinski definition) is 2. The lowest BCUT2D eigenvalue weighted by Crippen LogP contribution is -2.33. The summed E-state index contributed by atoms with van der Waals surface area (Å²) in [6.07, 6.45) is 0. The molecule has 2 heteroatoms. The third-order valence-corrected chi connectivity index (χ3v) is 12.5. The van der Waals surface area contributed by atoms with Crippen LogP contribution in [0, 0.1) is 0 Å². The molecule has 0 atom stereocenters. The van der Waals surface area contributed by atoms with Gasteiger partial charge >= 0.3 is 0 Å². The minimum Gasteiger partial charge on any atom is -0.456 e. The topological polar surface area (TPSA) is 12.5 Å². The second-order valence-electron chi connectivity index (χ2n) is 18.1. The van der Waals surface area contributed by atoms with E-state index in [1.165, 1.54) is 44.5 Å². The van der Waals surface area contributed by atoms with Crippen LogP contribution in [-0.4, -0.2) is 0 Å². The fourth-order valence-corrected chi connectivity index (χ4v) is 9.52. The van der Waals surface area contributed by atoms with Crippen molar-refractivity contribution in [1.29, 1.82) is 0 Å². The fraction of sp³-hybridized carbons (Fsp3) is 0.158. The van der Waals surface area contributed by atoms with Crippen molar-refractivity contribution in [1.82, 2.24) is 0 Å². The molecule has 0 unspecified atom stereocenters. The number of hydrogen-bond donors (Lipinski definition) is 0. The SMILES string of the molecule is CC(C)(C)c1ccc2c(c1)C1(c3ccccc3Oc3c(-c4ccccc4N(c4ccccc4)c4ccccc4-c4ccccc4)cccc31)c1cc(C(C)(C)C)ccc1-2. The Hall–Kier alpha value is -6.64. The predicted molar refractivity (Wildman–Crippen MR) is 247 cm³/mol. The van der Waals surface area contributed by atoms with Gasteiger partial charge in [-0.05, 0) is 80.1 Å². The molecule has 1 heterocycles. The first-order chi connectivity index (χ1) is 28.5. The molecule has 0 saturated heterocycles. The third kappa shape index (κ3) is 5.84. The van der Waals surface area contributed by atoms with Gasteiger partial charge in [0.1, 0.15) is 11.5 Å². The summed E-state index contributed by atoms with van der Waals surface area (Å²) in [6, 6.07) is 68.9. The van der Waals surface area contributed by atoms with Crippen LogP contribution >= 0.6 is 0 Å². The summed E-state index contributed by atoms with van der Waals surface area (Å²) in [5, 5.41) is 0. The first-order valence-corrected chi connectivity index (χ1v) is 20.9. The molecule has 0 radical (unpaired) electrons. The molecule has 8 aromatic carbocycles. The van der Waals surface area contributed by atoms with E-state index in [4.69, 9.17) is 4.74 Å². The molecule has 8 aromatic rings. The second kappa shape index (κ2) is 13.7. The first kappa shape index (κ1) is 36.7. The van der Waals surface area contributed by atoms with Crippen LogP contribution in [0.5, 0.6) is 11.5 Å². The normalized spacial score (nSPS) is 13.5. The lowest BCUT2D eigenvalue weighted by molar-refractivity contribution is 0.437. The Kier molecular flexibility index (Phi) is 8.54. The van der Waals surface area contributed by atoms with E-state index in [9.17, 15) is 0 Å². The van der Waals surface area contributed by atoms with Crippen LogP contribution in [0.2, 0.25) is 0 Å². The van der Waals surface area contributed by atoms with Gasteiger partial charge in [-0.15, -0.1) is 0 Å². The molecule has 0 bridgehead atoms. The second-order valence-corrected chi connectivity index (χ2v) is 18.1. The monoisotopic (exact) mass is 763 g/mol. The first-order valence-electron chi connectivity index (χ1n) is 20.9. The van der Waals surface area contributed by atoms with Crippen LogP contribution in [0.4, 0.5) is 17.1 Å². The van der Waals surface area contributed by atoms with Gasteiger partial charge in [-0.25, -0.2) is 0 Å². The Morgan fingerprint density at radius 2 is 0.881 bits per heavy atom. The molecular formula is C57H49NO. The number of para-hydroxylation sites is 5. The van der Waals surface area contributed by atoms with Crippen molar-refractivity contribution in [2.24, 2.45) is 0 Å². The van der Waals surface area contributed by atoms with E-state index in [2.05, 4.69) is 234 Å². The third-order valence-electron chi connectivity index (χ3n) is 12.5. The van der Waals surface area contributed by atoms with Crippen molar-refractivity contribution >= 4 is 17.1 Å². The van der Waals surface area contributed by atoms with Gasteiger partial charge in [0.05, 0.1) is 16.8 Å². The van der Waals surface area contributed by atoms with Gasteiger partial charge in [0.15, 0.2) is 0 Å². The number of rotatable bonds is 5. The molecule has 2 nitrogen and oxygen atoms in total. The van der Waals surface area contributed by atoms with E-state index in [0.29, 0.717) is 0 Å². The van der Waals surface area contributed by atoms with E-state index in [0.717, 1.165) is 50.8 Å². The molecule has 0 saturated carbocycles. The van der Waals surface area contributed by atoms with Gasteiger partial charge in [-0.1, -0.05) is 199 Å². The number of anilines is 3. The summed E-state index contributed by atoms with van der Waals surface area (Å²) in [6.45, 7) is 13.9. The minimum atomic E-state index is -0.610. The van der Waals surface area contributed by atoms with E-state index < -0.39 is 5.41 Å². The van der Waals surface area contributed by atoms with Crippen LogP contribution in [0.1, 0.15) is 74.9 Å². The predicted octanol–water partition coefficient (Wildman–Crippen LogP) is 15.6. The maximum Gasteiger partial charge on any atom is 0.140 e. The summed E-state index contributed by atoms with van der Waals surface area (Å²) >= 11 is 0. The number of benzene rings is 8. The molecular weight excluding hydrogens is 715 g/mol. The zero-order valence-corrected chi connectivity index (χ0v) is 34.8. The molecule has 59 heavy (non-hydrogen) atoms. The quantitative estimate of drug-likeness (QED) is 0.173. The van der Waals surface area contributed by atoms with E-state index in [1.807, 2.05) is 0 Å². The molecule has 0 amide bonds. The molecule has 1 spiro atoms. The number of fused-ring (bicyclic) bond motifs is 9.